The predicted octanol–water partition coefficient (Wildman–Crippen LogP) is 5.69. The van der Waals surface area contributed by atoms with E-state index in [-0.39, 0.29) is 11.7 Å². The van der Waals surface area contributed by atoms with Gasteiger partial charge in [-0.05, 0) is 36.8 Å². The quantitative estimate of drug-likeness (QED) is 0.546. The number of thioether (sulfide) groups is 1. The smallest absolute Gasteiger partial charge is 0.234 e. The highest BCUT2D eigenvalue weighted by Crippen LogP contribution is 2.34. The predicted molar refractivity (Wildman–Crippen MR) is 134 cm³/mol. The van der Waals surface area contributed by atoms with Crippen molar-refractivity contribution >= 4 is 45.5 Å². The van der Waals surface area contributed by atoms with Crippen LogP contribution in [0.5, 0.6) is 11.5 Å². The van der Waals surface area contributed by atoms with Crippen LogP contribution in [-0.4, -0.2) is 35.6 Å². The minimum absolute atomic E-state index is 0.106. The maximum Gasteiger partial charge on any atom is 0.234 e. The molecular weight excluding hydrogens is 434 g/mol. The summed E-state index contributed by atoms with van der Waals surface area (Å²) in [4.78, 5) is 22.4. The number of nitrogens with zero attached hydrogens (tertiary/aromatic N) is 2. The van der Waals surface area contributed by atoms with Crippen molar-refractivity contribution in [1.82, 2.24) is 0 Å². The molecule has 33 heavy (non-hydrogen) atoms. The summed E-state index contributed by atoms with van der Waals surface area (Å²) in [6, 6.07) is 21.6. The van der Waals surface area contributed by atoms with Gasteiger partial charge in [0.15, 0.2) is 11.5 Å². The first-order valence-electron chi connectivity index (χ1n) is 10.8. The normalized spacial score (nSPS) is 14.5. The first-order valence-corrected chi connectivity index (χ1v) is 11.8. The van der Waals surface area contributed by atoms with E-state index in [4.69, 9.17) is 19.5 Å². The molecule has 2 heterocycles. The van der Waals surface area contributed by atoms with Crippen LogP contribution < -0.4 is 14.8 Å². The average molecular weight is 458 g/mol. The Labute approximate surface area is 196 Å². The largest absolute Gasteiger partial charge is 0.486 e. The number of carbonyl (C=O) groups excluding carboxylic acids is 1. The van der Waals surface area contributed by atoms with E-state index in [1.807, 2.05) is 36.4 Å². The Bertz CT molecular complexity index is 1250. The Balaban J connectivity index is 1.30. The van der Waals surface area contributed by atoms with Crippen molar-refractivity contribution in [2.75, 3.05) is 24.3 Å². The minimum atomic E-state index is -0.106. The number of hydrogen-bond acceptors (Lipinski definition) is 6. The van der Waals surface area contributed by atoms with Gasteiger partial charge in [-0.2, -0.15) is 0 Å². The highest BCUT2D eigenvalue weighted by molar-refractivity contribution is 8.14. The molecule has 0 atom stereocenters. The van der Waals surface area contributed by atoms with E-state index in [0.29, 0.717) is 36.8 Å². The molecule has 2 aliphatic rings. The SMILES string of the molecule is Cc1ccc(C2=Nc3ccccc3N=C(SCC(=O)Nc3ccc4c(c3)OCCO4)C2)cc1. The van der Waals surface area contributed by atoms with Gasteiger partial charge in [-0.25, -0.2) is 4.99 Å². The van der Waals surface area contributed by atoms with Gasteiger partial charge in [0.1, 0.15) is 13.2 Å². The lowest BCUT2D eigenvalue weighted by Crippen LogP contribution is -2.18. The van der Waals surface area contributed by atoms with Crippen LogP contribution in [0.4, 0.5) is 17.1 Å². The third-order valence-corrected chi connectivity index (χ3v) is 6.26. The molecular formula is C26H23N3O3S. The summed E-state index contributed by atoms with van der Waals surface area (Å²) in [7, 11) is 0. The van der Waals surface area contributed by atoms with Gasteiger partial charge >= 0.3 is 0 Å². The van der Waals surface area contributed by atoms with E-state index in [1.54, 1.807) is 6.07 Å². The molecule has 0 radical (unpaired) electrons. The standard InChI is InChI=1S/C26H23N3O3S/c1-17-6-8-18(9-7-17)22-15-26(29-21-5-3-2-4-20(21)28-22)33-16-25(30)27-19-10-11-23-24(14-19)32-13-12-31-23/h2-11,14H,12-13,15-16H2,1H3,(H,27,30). The van der Waals surface area contributed by atoms with Gasteiger partial charge in [-0.15, -0.1) is 11.8 Å². The van der Waals surface area contributed by atoms with E-state index < -0.39 is 0 Å². The Morgan fingerprint density at radius 1 is 0.939 bits per heavy atom. The number of anilines is 1. The molecule has 7 heteroatoms. The van der Waals surface area contributed by atoms with Gasteiger partial charge < -0.3 is 14.8 Å². The number of aryl methyl sites for hydroxylation is 1. The topological polar surface area (TPSA) is 72.3 Å². The fourth-order valence-corrected chi connectivity index (χ4v) is 4.39. The third-order valence-electron chi connectivity index (χ3n) is 5.28. The molecule has 6 nitrogen and oxygen atoms in total. The summed E-state index contributed by atoms with van der Waals surface area (Å²) in [5.74, 6) is 1.49. The van der Waals surface area contributed by atoms with Crippen LogP contribution in [-0.2, 0) is 4.79 Å². The Hall–Kier alpha value is -3.58. The monoisotopic (exact) mass is 457 g/mol. The van der Waals surface area contributed by atoms with Gasteiger partial charge in [-0.3, -0.25) is 9.79 Å². The molecule has 0 fully saturated rings. The van der Waals surface area contributed by atoms with E-state index in [2.05, 4.69) is 36.5 Å². The molecule has 0 saturated heterocycles. The molecule has 0 unspecified atom stereocenters. The number of amides is 1. The van der Waals surface area contributed by atoms with Crippen LogP contribution in [0.3, 0.4) is 0 Å². The summed E-state index contributed by atoms with van der Waals surface area (Å²) in [5.41, 5.74) is 5.54. The Morgan fingerprint density at radius 3 is 2.45 bits per heavy atom. The number of rotatable bonds is 4. The lowest BCUT2D eigenvalue weighted by molar-refractivity contribution is -0.113. The van der Waals surface area contributed by atoms with Gasteiger partial charge in [0, 0.05) is 18.2 Å². The van der Waals surface area contributed by atoms with Crippen molar-refractivity contribution in [3.63, 3.8) is 0 Å². The second-order valence-corrected chi connectivity index (χ2v) is 8.84. The second-order valence-electron chi connectivity index (χ2n) is 7.79. The lowest BCUT2D eigenvalue weighted by Gasteiger charge is -2.19. The molecule has 0 aliphatic carbocycles. The van der Waals surface area contributed by atoms with E-state index in [1.165, 1.54) is 17.3 Å². The van der Waals surface area contributed by atoms with Gasteiger partial charge in [0.2, 0.25) is 5.91 Å². The van der Waals surface area contributed by atoms with Crippen molar-refractivity contribution in [1.29, 1.82) is 0 Å². The van der Waals surface area contributed by atoms with Crippen LogP contribution in [0.1, 0.15) is 17.5 Å². The van der Waals surface area contributed by atoms with Gasteiger partial charge in [-0.1, -0.05) is 42.0 Å². The van der Waals surface area contributed by atoms with Crippen molar-refractivity contribution in [3.8, 4) is 11.5 Å². The molecule has 0 saturated carbocycles. The van der Waals surface area contributed by atoms with Crippen molar-refractivity contribution < 1.29 is 14.3 Å². The molecule has 3 aromatic carbocycles. The maximum absolute atomic E-state index is 12.7. The number of ether oxygens (including phenoxy) is 2. The molecule has 1 N–H and O–H groups in total. The molecule has 0 bridgehead atoms. The second kappa shape index (κ2) is 9.50. The van der Waals surface area contributed by atoms with Crippen LogP contribution >= 0.6 is 11.8 Å². The van der Waals surface area contributed by atoms with Crippen LogP contribution in [0.15, 0.2) is 76.7 Å². The van der Waals surface area contributed by atoms with E-state index in [9.17, 15) is 4.79 Å². The number of benzene rings is 3. The molecule has 5 rings (SSSR count). The number of hydrogen-bond donors (Lipinski definition) is 1. The third kappa shape index (κ3) is 5.09. The molecule has 2 aliphatic heterocycles. The highest BCUT2D eigenvalue weighted by Gasteiger charge is 2.17. The summed E-state index contributed by atoms with van der Waals surface area (Å²) in [6.45, 7) is 3.11. The van der Waals surface area contributed by atoms with E-state index >= 15 is 0 Å². The number of nitrogens with one attached hydrogen (secondary N) is 1. The zero-order chi connectivity index (χ0) is 22.6. The molecule has 3 aromatic rings. The van der Waals surface area contributed by atoms with E-state index in [0.717, 1.165) is 27.7 Å². The summed E-state index contributed by atoms with van der Waals surface area (Å²) >= 11 is 1.43. The Morgan fingerprint density at radius 2 is 1.67 bits per heavy atom. The Kier molecular flexibility index (Phi) is 6.13. The summed E-state index contributed by atoms with van der Waals surface area (Å²) in [5, 5.41) is 3.79. The highest BCUT2D eigenvalue weighted by atomic mass is 32.2. The molecule has 1 amide bonds. The van der Waals surface area contributed by atoms with Crippen LogP contribution in [0, 0.1) is 6.92 Å². The van der Waals surface area contributed by atoms with Crippen LogP contribution in [0.2, 0.25) is 0 Å². The summed E-state index contributed by atoms with van der Waals surface area (Å²) < 4.78 is 11.1. The van der Waals surface area contributed by atoms with Gasteiger partial charge in [0.05, 0.1) is 27.9 Å². The number of fused-ring (bicyclic) bond motifs is 2. The number of aliphatic imine (C=N–C) groups is 2. The number of carbonyl (C=O) groups is 1. The fraction of sp³-hybridized carbons (Fsp3) is 0.192. The van der Waals surface area contributed by atoms with Crippen LogP contribution in [0.25, 0.3) is 0 Å². The van der Waals surface area contributed by atoms with Crippen molar-refractivity contribution in [2.24, 2.45) is 9.98 Å². The first kappa shape index (κ1) is 21.3. The first-order chi connectivity index (χ1) is 16.1. The fourth-order valence-electron chi connectivity index (χ4n) is 3.62. The molecule has 0 spiro atoms. The molecule has 0 aromatic heterocycles. The zero-order valence-electron chi connectivity index (χ0n) is 18.2. The maximum atomic E-state index is 12.7. The average Bonchev–Trinajstić information content (AvgIpc) is 3.02. The van der Waals surface area contributed by atoms with Gasteiger partial charge in [0.25, 0.3) is 0 Å². The molecule has 166 valence electrons. The zero-order valence-corrected chi connectivity index (χ0v) is 19.0. The number of para-hydroxylation sites is 2. The lowest BCUT2D eigenvalue weighted by atomic mass is 10.1. The van der Waals surface area contributed by atoms with Crippen molar-refractivity contribution in [3.05, 3.63) is 77.9 Å². The van der Waals surface area contributed by atoms with Crippen molar-refractivity contribution in [2.45, 2.75) is 13.3 Å². The summed E-state index contributed by atoms with van der Waals surface area (Å²) in [6.07, 6.45) is 0.569. The minimum Gasteiger partial charge on any atom is -0.486 e.